The Morgan fingerprint density at radius 3 is 2.75 bits per heavy atom. The minimum Gasteiger partial charge on any atom is -0.494 e. The van der Waals surface area contributed by atoms with Crippen LogP contribution >= 0.6 is 0 Å². The van der Waals surface area contributed by atoms with Gasteiger partial charge in [-0.2, -0.15) is 0 Å². The number of rotatable bonds is 6. The summed E-state index contributed by atoms with van der Waals surface area (Å²) >= 11 is 0. The Labute approximate surface area is 142 Å². The van der Waals surface area contributed by atoms with Gasteiger partial charge >= 0.3 is 0 Å². The van der Waals surface area contributed by atoms with Gasteiger partial charge in [-0.15, -0.1) is 0 Å². The number of hydrogen-bond donors (Lipinski definition) is 2. The molecule has 0 bridgehead atoms. The predicted octanol–water partition coefficient (Wildman–Crippen LogP) is 3.93. The maximum Gasteiger partial charge on any atom is 0.193 e. The van der Waals surface area contributed by atoms with Crippen LogP contribution < -0.4 is 15.8 Å². The largest absolute Gasteiger partial charge is 0.494 e. The third-order valence-corrected chi connectivity index (χ3v) is 3.72. The van der Waals surface area contributed by atoms with Gasteiger partial charge in [0.05, 0.1) is 7.11 Å². The Morgan fingerprint density at radius 1 is 1.25 bits per heavy atom. The topological polar surface area (TPSA) is 59.6 Å². The van der Waals surface area contributed by atoms with Crippen molar-refractivity contribution in [1.29, 1.82) is 0 Å². The minimum atomic E-state index is -0.365. The molecule has 0 radical (unpaired) electrons. The van der Waals surface area contributed by atoms with Crippen LogP contribution in [0.15, 0.2) is 47.5 Å². The third kappa shape index (κ3) is 4.98. The van der Waals surface area contributed by atoms with E-state index in [0.29, 0.717) is 24.8 Å². The highest BCUT2D eigenvalue weighted by Crippen LogP contribution is 2.19. The molecule has 0 aromatic heterocycles. The molecule has 0 amide bonds. The summed E-state index contributed by atoms with van der Waals surface area (Å²) in [6, 6.07) is 12.9. The SMILES string of the molecule is COc1cc(CCN=C(N)Nc2cccc(C(C)C)c2)ccc1F. The first kappa shape index (κ1) is 17.8. The highest BCUT2D eigenvalue weighted by atomic mass is 19.1. The fourth-order valence-corrected chi connectivity index (χ4v) is 2.33. The molecule has 4 nitrogen and oxygen atoms in total. The number of nitrogens with one attached hydrogen (secondary N) is 1. The standard InChI is InChI=1S/C19H24FN3O/c1-13(2)15-5-4-6-16(12-15)23-19(21)22-10-9-14-7-8-17(20)18(11-14)24-3/h4-8,11-13H,9-10H2,1-3H3,(H3,21,22,23). The molecule has 0 saturated heterocycles. The van der Waals surface area contributed by atoms with Crippen molar-refractivity contribution in [2.75, 3.05) is 19.0 Å². The molecule has 0 aliphatic rings. The zero-order chi connectivity index (χ0) is 17.5. The van der Waals surface area contributed by atoms with E-state index in [2.05, 4.69) is 36.3 Å². The molecule has 0 saturated carbocycles. The second kappa shape index (κ2) is 8.34. The summed E-state index contributed by atoms with van der Waals surface area (Å²) in [6.07, 6.45) is 0.658. The molecule has 0 spiro atoms. The minimum absolute atomic E-state index is 0.244. The zero-order valence-electron chi connectivity index (χ0n) is 14.3. The lowest BCUT2D eigenvalue weighted by molar-refractivity contribution is 0.386. The molecule has 0 unspecified atom stereocenters. The molecule has 2 rings (SSSR count). The number of benzene rings is 2. The summed E-state index contributed by atoms with van der Waals surface area (Å²) in [5.41, 5.74) is 9.04. The molecule has 5 heteroatoms. The van der Waals surface area contributed by atoms with Crippen molar-refractivity contribution in [3.05, 3.63) is 59.4 Å². The van der Waals surface area contributed by atoms with Gasteiger partial charge in [-0.1, -0.05) is 32.0 Å². The smallest absolute Gasteiger partial charge is 0.193 e. The van der Waals surface area contributed by atoms with E-state index in [1.807, 2.05) is 12.1 Å². The quantitative estimate of drug-likeness (QED) is 0.623. The summed E-state index contributed by atoms with van der Waals surface area (Å²) in [4.78, 5) is 4.32. The summed E-state index contributed by atoms with van der Waals surface area (Å²) in [5.74, 6) is 0.701. The van der Waals surface area contributed by atoms with E-state index in [1.165, 1.54) is 18.7 Å². The second-order valence-electron chi connectivity index (χ2n) is 5.89. The fourth-order valence-electron chi connectivity index (χ4n) is 2.33. The van der Waals surface area contributed by atoms with Crippen molar-refractivity contribution in [3.63, 3.8) is 0 Å². The summed E-state index contributed by atoms with van der Waals surface area (Å²) in [6.45, 7) is 4.80. The lowest BCUT2D eigenvalue weighted by Gasteiger charge is -2.10. The van der Waals surface area contributed by atoms with E-state index in [9.17, 15) is 4.39 Å². The molecule has 0 aliphatic heterocycles. The first-order chi connectivity index (χ1) is 11.5. The summed E-state index contributed by atoms with van der Waals surface area (Å²) in [5, 5.41) is 3.10. The molecule has 0 heterocycles. The molecule has 0 atom stereocenters. The van der Waals surface area contributed by atoms with Gasteiger partial charge in [0.15, 0.2) is 17.5 Å². The maximum absolute atomic E-state index is 13.4. The first-order valence-corrected chi connectivity index (χ1v) is 7.99. The Bertz CT molecular complexity index is 714. The monoisotopic (exact) mass is 329 g/mol. The Hall–Kier alpha value is -2.56. The molecule has 128 valence electrons. The number of methoxy groups -OCH3 is 1. The number of ether oxygens (including phenoxy) is 1. The highest BCUT2D eigenvalue weighted by molar-refractivity contribution is 5.92. The van der Waals surface area contributed by atoms with Crippen LogP contribution in [0.2, 0.25) is 0 Å². The molecule has 3 N–H and O–H groups in total. The molecule has 0 fully saturated rings. The predicted molar refractivity (Wildman–Crippen MR) is 97.3 cm³/mol. The summed E-state index contributed by atoms with van der Waals surface area (Å²) in [7, 11) is 1.45. The number of guanidine groups is 1. The van der Waals surface area contributed by atoms with E-state index in [1.54, 1.807) is 12.1 Å². The second-order valence-corrected chi connectivity index (χ2v) is 5.89. The van der Waals surface area contributed by atoms with Crippen LogP contribution in [0.25, 0.3) is 0 Å². The molecular weight excluding hydrogens is 305 g/mol. The van der Waals surface area contributed by atoms with Crippen LogP contribution in [0.3, 0.4) is 0 Å². The third-order valence-electron chi connectivity index (χ3n) is 3.72. The van der Waals surface area contributed by atoms with Gasteiger partial charge in [0.2, 0.25) is 0 Å². The van der Waals surface area contributed by atoms with Crippen molar-refractivity contribution < 1.29 is 9.13 Å². The lowest BCUT2D eigenvalue weighted by Crippen LogP contribution is -2.23. The van der Waals surface area contributed by atoms with Crippen LogP contribution in [-0.4, -0.2) is 19.6 Å². The first-order valence-electron chi connectivity index (χ1n) is 7.99. The number of hydrogen-bond acceptors (Lipinski definition) is 2. The fraction of sp³-hybridized carbons (Fsp3) is 0.316. The van der Waals surface area contributed by atoms with E-state index in [-0.39, 0.29) is 11.6 Å². The van der Waals surface area contributed by atoms with Crippen molar-refractivity contribution in [2.24, 2.45) is 10.7 Å². The highest BCUT2D eigenvalue weighted by Gasteiger charge is 2.04. The van der Waals surface area contributed by atoms with Crippen LogP contribution in [0, 0.1) is 5.82 Å². The average molecular weight is 329 g/mol. The maximum atomic E-state index is 13.4. The molecule has 0 aliphatic carbocycles. The van der Waals surface area contributed by atoms with Gasteiger partial charge in [0.25, 0.3) is 0 Å². The van der Waals surface area contributed by atoms with E-state index in [0.717, 1.165) is 11.3 Å². The van der Waals surface area contributed by atoms with Gasteiger partial charge in [0.1, 0.15) is 0 Å². The van der Waals surface area contributed by atoms with Gasteiger partial charge in [-0.25, -0.2) is 4.39 Å². The number of anilines is 1. The normalized spacial score (nSPS) is 11.6. The molecule has 2 aromatic rings. The number of nitrogens with zero attached hydrogens (tertiary/aromatic N) is 1. The van der Waals surface area contributed by atoms with Crippen molar-refractivity contribution in [2.45, 2.75) is 26.2 Å². The van der Waals surface area contributed by atoms with Gasteiger partial charge in [0, 0.05) is 12.2 Å². The van der Waals surface area contributed by atoms with E-state index < -0.39 is 0 Å². The van der Waals surface area contributed by atoms with Gasteiger partial charge < -0.3 is 15.8 Å². The zero-order valence-corrected chi connectivity index (χ0v) is 14.3. The van der Waals surface area contributed by atoms with E-state index >= 15 is 0 Å². The van der Waals surface area contributed by atoms with Crippen LogP contribution in [-0.2, 0) is 6.42 Å². The number of aliphatic imine (C=N–C) groups is 1. The van der Waals surface area contributed by atoms with E-state index in [4.69, 9.17) is 10.5 Å². The van der Waals surface area contributed by atoms with Crippen molar-refractivity contribution >= 4 is 11.6 Å². The Morgan fingerprint density at radius 2 is 2.04 bits per heavy atom. The van der Waals surface area contributed by atoms with Crippen LogP contribution in [0.4, 0.5) is 10.1 Å². The molecular formula is C19H24FN3O. The number of nitrogens with two attached hydrogens (primary N) is 1. The Balaban J connectivity index is 1.93. The summed E-state index contributed by atoms with van der Waals surface area (Å²) < 4.78 is 18.3. The Kier molecular flexibility index (Phi) is 6.18. The molecule has 2 aromatic carbocycles. The van der Waals surface area contributed by atoms with Crippen LogP contribution in [0.5, 0.6) is 5.75 Å². The number of halogens is 1. The average Bonchev–Trinajstić information content (AvgIpc) is 2.56. The van der Waals surface area contributed by atoms with Gasteiger partial charge in [-0.05, 0) is 47.7 Å². The van der Waals surface area contributed by atoms with Crippen molar-refractivity contribution in [1.82, 2.24) is 0 Å². The van der Waals surface area contributed by atoms with Crippen LogP contribution in [0.1, 0.15) is 30.9 Å². The molecule has 24 heavy (non-hydrogen) atoms. The lowest BCUT2D eigenvalue weighted by atomic mass is 10.0. The van der Waals surface area contributed by atoms with Gasteiger partial charge in [-0.3, -0.25) is 4.99 Å². The van der Waals surface area contributed by atoms with Crippen molar-refractivity contribution in [3.8, 4) is 5.75 Å².